The first-order valence-electron chi connectivity index (χ1n) is 8.99. The molecule has 0 amide bonds. The van der Waals surface area contributed by atoms with Crippen molar-refractivity contribution >= 4 is 0 Å². The molecule has 4 N–H and O–H groups in total. The SMILES string of the molecule is CNC(c1c2ccnc-2ncn1N)C12CC3CC(CC(O)(C3)C1)C2. The molecule has 0 aromatic carbocycles. The number of hydrogen-bond acceptors (Lipinski definition) is 5. The summed E-state index contributed by atoms with van der Waals surface area (Å²) in [6.45, 7) is 0. The quantitative estimate of drug-likeness (QED) is 0.747. The molecule has 6 rings (SSSR count). The zero-order valence-electron chi connectivity index (χ0n) is 14.1. The molecule has 4 aliphatic carbocycles. The number of rotatable bonds is 3. The molecular weight excluding hydrogens is 302 g/mol. The fourth-order valence-electron chi connectivity index (χ4n) is 6.61. The maximum absolute atomic E-state index is 11.1. The van der Waals surface area contributed by atoms with E-state index in [9.17, 15) is 5.11 Å². The Morgan fingerprint density at radius 2 is 2.04 bits per heavy atom. The van der Waals surface area contributed by atoms with E-state index in [2.05, 4.69) is 15.3 Å². The highest BCUT2D eigenvalue weighted by Gasteiger charge is 2.60. The van der Waals surface area contributed by atoms with Crippen LogP contribution in [0.15, 0.2) is 18.6 Å². The minimum Gasteiger partial charge on any atom is -0.390 e. The van der Waals surface area contributed by atoms with E-state index in [4.69, 9.17) is 5.84 Å². The van der Waals surface area contributed by atoms with Gasteiger partial charge in [0.1, 0.15) is 6.33 Å². The molecule has 0 spiro atoms. The summed E-state index contributed by atoms with van der Waals surface area (Å²) in [6.07, 6.45) is 9.92. The Bertz CT molecular complexity index is 742. The van der Waals surface area contributed by atoms with E-state index in [-0.39, 0.29) is 11.5 Å². The molecule has 0 aromatic rings. The van der Waals surface area contributed by atoms with E-state index < -0.39 is 5.60 Å². The average Bonchev–Trinajstić information content (AvgIpc) is 2.96. The van der Waals surface area contributed by atoms with Crippen LogP contribution >= 0.6 is 0 Å². The van der Waals surface area contributed by atoms with E-state index in [1.165, 1.54) is 19.3 Å². The highest BCUT2D eigenvalue weighted by Crippen LogP contribution is 2.65. The lowest BCUT2D eigenvalue weighted by Gasteiger charge is -2.62. The largest absolute Gasteiger partial charge is 0.390 e. The zero-order chi connectivity index (χ0) is 16.5. The van der Waals surface area contributed by atoms with Gasteiger partial charge in [0, 0.05) is 11.8 Å². The maximum atomic E-state index is 11.1. The van der Waals surface area contributed by atoms with Crippen molar-refractivity contribution in [1.82, 2.24) is 20.0 Å². The summed E-state index contributed by atoms with van der Waals surface area (Å²) in [4.78, 5) is 8.67. The number of nitrogen functional groups attached to an aromatic ring is 1. The Kier molecular flexibility index (Phi) is 2.87. The van der Waals surface area contributed by atoms with Crippen molar-refractivity contribution in [1.29, 1.82) is 0 Å². The van der Waals surface area contributed by atoms with Crippen LogP contribution < -0.4 is 11.2 Å². The minimum atomic E-state index is -0.477. The summed E-state index contributed by atoms with van der Waals surface area (Å²) in [7, 11) is 2.01. The third-order valence-corrected chi connectivity index (χ3v) is 6.79. The molecule has 4 bridgehead atoms. The van der Waals surface area contributed by atoms with Crippen LogP contribution in [0.4, 0.5) is 0 Å². The summed E-state index contributed by atoms with van der Waals surface area (Å²) in [5.41, 5.74) is 1.66. The Labute approximate surface area is 141 Å². The van der Waals surface area contributed by atoms with Gasteiger partial charge in [0.25, 0.3) is 0 Å². The molecule has 2 aliphatic heterocycles. The van der Waals surface area contributed by atoms with Gasteiger partial charge in [-0.2, -0.15) is 0 Å². The first-order chi connectivity index (χ1) is 11.5. The molecular formula is C18H25N5O. The van der Waals surface area contributed by atoms with Gasteiger partial charge in [-0.25, -0.2) is 9.97 Å². The molecule has 128 valence electrons. The third kappa shape index (κ3) is 1.90. The van der Waals surface area contributed by atoms with Crippen molar-refractivity contribution < 1.29 is 5.11 Å². The molecule has 0 aromatic heterocycles. The van der Waals surface area contributed by atoms with Crippen molar-refractivity contribution in [2.45, 2.75) is 50.2 Å². The van der Waals surface area contributed by atoms with E-state index >= 15 is 0 Å². The fraction of sp³-hybridized carbons (Fsp3) is 0.667. The maximum Gasteiger partial charge on any atom is 0.162 e. The van der Waals surface area contributed by atoms with E-state index in [0.29, 0.717) is 11.8 Å². The van der Waals surface area contributed by atoms with Crippen molar-refractivity contribution in [3.05, 3.63) is 24.3 Å². The van der Waals surface area contributed by atoms with Gasteiger partial charge in [-0.15, -0.1) is 0 Å². The topological polar surface area (TPSA) is 89.0 Å². The summed E-state index contributed by atoms with van der Waals surface area (Å²) < 4.78 is 1.65. The molecule has 4 saturated carbocycles. The van der Waals surface area contributed by atoms with Gasteiger partial charge in [-0.05, 0) is 68.9 Å². The van der Waals surface area contributed by atoms with Crippen LogP contribution in [0, 0.1) is 17.3 Å². The minimum absolute atomic E-state index is 0.0697. The second kappa shape index (κ2) is 4.70. The van der Waals surface area contributed by atoms with E-state index in [1.807, 2.05) is 13.1 Å². The monoisotopic (exact) mass is 327 g/mol. The number of aromatic nitrogens is 3. The molecule has 4 fully saturated rings. The average molecular weight is 327 g/mol. The van der Waals surface area contributed by atoms with Crippen LogP contribution in [-0.2, 0) is 0 Å². The predicted molar refractivity (Wildman–Crippen MR) is 90.7 cm³/mol. The first kappa shape index (κ1) is 14.7. The lowest BCUT2D eigenvalue weighted by molar-refractivity contribution is -0.174. The van der Waals surface area contributed by atoms with E-state index in [0.717, 1.165) is 36.3 Å². The molecule has 3 atom stereocenters. The molecule has 24 heavy (non-hydrogen) atoms. The van der Waals surface area contributed by atoms with Gasteiger partial charge in [-0.1, -0.05) is 0 Å². The lowest BCUT2D eigenvalue weighted by atomic mass is 9.46. The smallest absolute Gasteiger partial charge is 0.162 e. The normalized spacial score (nSPS) is 38.8. The second-order valence-electron chi connectivity index (χ2n) is 8.49. The molecule has 6 heteroatoms. The summed E-state index contributed by atoms with van der Waals surface area (Å²) in [5, 5.41) is 14.7. The summed E-state index contributed by atoms with van der Waals surface area (Å²) in [5.74, 6) is 8.34. The van der Waals surface area contributed by atoms with Crippen LogP contribution in [0.3, 0.4) is 0 Å². The molecule has 2 heterocycles. The number of aliphatic hydroxyl groups is 1. The number of hydrogen-bond donors (Lipinski definition) is 3. The standard InChI is InChI=1S/C18H25N5O/c1-20-15(14-13-2-3-21-16(13)22-10-23(14)19)17-5-11-4-12(6-17)8-18(24,7-11)9-17/h2-3,10-12,15,20,24H,4-9,19H2,1H3. The Balaban J connectivity index is 1.64. The second-order valence-corrected chi connectivity index (χ2v) is 8.49. The van der Waals surface area contributed by atoms with Gasteiger partial charge in [0.05, 0.1) is 17.3 Å². The number of nitrogens with one attached hydrogen (secondary N) is 1. The van der Waals surface area contributed by atoms with Gasteiger partial charge in [-0.3, -0.25) is 4.68 Å². The molecule has 0 saturated heterocycles. The number of fused-ring (bicyclic) bond motifs is 1. The molecule has 6 nitrogen and oxygen atoms in total. The van der Waals surface area contributed by atoms with Crippen molar-refractivity contribution in [3.63, 3.8) is 0 Å². The van der Waals surface area contributed by atoms with Crippen LogP contribution in [-0.4, -0.2) is 32.4 Å². The highest BCUT2D eigenvalue weighted by molar-refractivity contribution is 5.61. The van der Waals surface area contributed by atoms with Crippen LogP contribution in [0.2, 0.25) is 0 Å². The number of nitrogens with two attached hydrogens (primary N) is 1. The fourth-order valence-corrected chi connectivity index (χ4v) is 6.61. The molecule has 3 unspecified atom stereocenters. The van der Waals surface area contributed by atoms with Crippen LogP contribution in [0.1, 0.15) is 50.3 Å². The molecule has 0 radical (unpaired) electrons. The first-order valence-corrected chi connectivity index (χ1v) is 8.99. The Hall–Kier alpha value is -1.66. The number of nitrogens with zero attached hydrogens (tertiary/aromatic N) is 3. The van der Waals surface area contributed by atoms with E-state index in [1.54, 1.807) is 17.2 Å². The Morgan fingerprint density at radius 1 is 1.29 bits per heavy atom. The Morgan fingerprint density at radius 3 is 2.71 bits per heavy atom. The highest BCUT2D eigenvalue weighted by atomic mass is 16.3. The lowest BCUT2D eigenvalue weighted by Crippen LogP contribution is -2.59. The van der Waals surface area contributed by atoms with Crippen molar-refractivity contribution in [3.8, 4) is 11.4 Å². The van der Waals surface area contributed by atoms with Gasteiger partial charge in [0.15, 0.2) is 5.82 Å². The van der Waals surface area contributed by atoms with Crippen molar-refractivity contribution in [2.75, 3.05) is 12.9 Å². The third-order valence-electron chi connectivity index (χ3n) is 6.79. The van der Waals surface area contributed by atoms with Crippen LogP contribution in [0.5, 0.6) is 0 Å². The van der Waals surface area contributed by atoms with Crippen molar-refractivity contribution in [2.24, 2.45) is 17.3 Å². The summed E-state index contributed by atoms with van der Waals surface area (Å²) in [6, 6.07) is 2.11. The van der Waals surface area contributed by atoms with Crippen LogP contribution in [0.25, 0.3) is 11.4 Å². The predicted octanol–water partition coefficient (Wildman–Crippen LogP) is 1.69. The van der Waals surface area contributed by atoms with Gasteiger partial charge in [0.2, 0.25) is 0 Å². The zero-order valence-corrected chi connectivity index (χ0v) is 14.1. The molecule has 6 aliphatic rings. The van der Waals surface area contributed by atoms with Gasteiger partial charge < -0.3 is 16.3 Å². The van der Waals surface area contributed by atoms with Gasteiger partial charge >= 0.3 is 0 Å². The summed E-state index contributed by atoms with van der Waals surface area (Å²) >= 11 is 0.